The van der Waals surface area contributed by atoms with E-state index in [1.165, 1.54) is 24.8 Å². The minimum absolute atomic E-state index is 0.728. The average Bonchev–Trinajstić information content (AvgIpc) is 1.86. The quantitative estimate of drug-likeness (QED) is 0.460. The van der Waals surface area contributed by atoms with Gasteiger partial charge in [0.05, 0.1) is 0 Å². The van der Waals surface area contributed by atoms with E-state index in [0.717, 1.165) is 18.5 Å². The first kappa shape index (κ1) is 10.3. The van der Waals surface area contributed by atoms with Crippen molar-refractivity contribution in [2.75, 3.05) is 0 Å². The molecule has 0 aliphatic heterocycles. The molecule has 1 nitrogen and oxygen atoms in total. The molecule has 0 bridgehead atoms. The molecule has 0 aliphatic rings. The maximum Gasteiger partial charge on any atom is 0.00708 e. The summed E-state index contributed by atoms with van der Waals surface area (Å²) in [6.45, 7) is 9.77. The molecule has 64 valence electrons. The maximum atomic E-state index is 5.44. The van der Waals surface area contributed by atoms with Crippen LogP contribution >= 0.6 is 0 Å². The van der Waals surface area contributed by atoms with E-state index in [1.54, 1.807) is 0 Å². The first-order chi connectivity index (χ1) is 5.16. The topological polar surface area (TPSA) is 26.0 Å². The van der Waals surface area contributed by atoms with Crippen LogP contribution in [0.5, 0.6) is 0 Å². The van der Waals surface area contributed by atoms with Crippen molar-refractivity contribution in [3.63, 3.8) is 0 Å². The summed E-state index contributed by atoms with van der Waals surface area (Å²) in [7, 11) is 0. The molecule has 0 radical (unpaired) electrons. The lowest BCUT2D eigenvalue weighted by Gasteiger charge is -2.03. The maximum absolute atomic E-state index is 5.44. The van der Waals surface area contributed by atoms with Crippen molar-refractivity contribution in [2.45, 2.75) is 39.0 Å². The Morgan fingerprint density at radius 1 is 1.27 bits per heavy atom. The van der Waals surface area contributed by atoms with Crippen LogP contribution in [0.25, 0.3) is 0 Å². The second kappa shape index (κ2) is 6.02. The number of nitrogens with two attached hydrogens (primary N) is 1. The number of allylic oxidation sites excluding steroid dienone is 1. The highest BCUT2D eigenvalue weighted by Gasteiger charge is 1.94. The van der Waals surface area contributed by atoms with Crippen LogP contribution in [0.2, 0.25) is 0 Å². The molecule has 0 aromatic heterocycles. The number of hydrogen-bond acceptors (Lipinski definition) is 1. The van der Waals surface area contributed by atoms with Crippen molar-refractivity contribution in [3.05, 3.63) is 24.4 Å². The molecule has 0 spiro atoms. The van der Waals surface area contributed by atoms with Gasteiger partial charge in [0, 0.05) is 12.1 Å². The second-order valence-corrected chi connectivity index (χ2v) is 3.04. The number of hydrogen-bond donors (Lipinski definition) is 1. The highest BCUT2D eigenvalue weighted by molar-refractivity contribution is 5.05. The smallest absolute Gasteiger partial charge is 0.00708 e. The van der Waals surface area contributed by atoms with E-state index >= 15 is 0 Å². The molecule has 1 heteroatoms. The van der Waals surface area contributed by atoms with Gasteiger partial charge in [-0.3, -0.25) is 0 Å². The molecule has 0 amide bonds. The molecule has 0 fully saturated rings. The summed E-state index contributed by atoms with van der Waals surface area (Å²) in [4.78, 5) is 0. The van der Waals surface area contributed by atoms with E-state index in [4.69, 9.17) is 5.73 Å². The zero-order valence-corrected chi connectivity index (χ0v) is 7.53. The molecule has 0 aromatic rings. The molecule has 11 heavy (non-hydrogen) atoms. The molecule has 0 saturated heterocycles. The van der Waals surface area contributed by atoms with Crippen LogP contribution in [0.1, 0.15) is 39.0 Å². The summed E-state index contributed by atoms with van der Waals surface area (Å²) in [6.07, 6.45) is 5.68. The van der Waals surface area contributed by atoms with Crippen molar-refractivity contribution in [1.82, 2.24) is 0 Å². The fraction of sp³-hybridized carbons (Fsp3) is 0.600. The van der Waals surface area contributed by atoms with E-state index in [2.05, 4.69) is 20.1 Å². The van der Waals surface area contributed by atoms with Crippen LogP contribution in [0.4, 0.5) is 0 Å². The Kier molecular flexibility index (Phi) is 5.63. The Labute approximate surface area is 70.0 Å². The highest BCUT2D eigenvalue weighted by Crippen LogP contribution is 2.12. The molecule has 0 saturated carbocycles. The van der Waals surface area contributed by atoms with Gasteiger partial charge < -0.3 is 5.73 Å². The minimum Gasteiger partial charge on any atom is -0.402 e. The molecule has 2 N–H and O–H groups in total. The third-order valence-corrected chi connectivity index (χ3v) is 1.61. The summed E-state index contributed by atoms with van der Waals surface area (Å²) in [6, 6.07) is 0. The van der Waals surface area contributed by atoms with E-state index in [1.807, 2.05) is 0 Å². The zero-order chi connectivity index (χ0) is 8.69. The average molecular weight is 153 g/mol. The molecule has 0 rings (SSSR count). The van der Waals surface area contributed by atoms with Crippen LogP contribution in [0.15, 0.2) is 24.4 Å². The van der Waals surface area contributed by atoms with Gasteiger partial charge in [-0.05, 0) is 12.8 Å². The van der Waals surface area contributed by atoms with Gasteiger partial charge in [0.25, 0.3) is 0 Å². The largest absolute Gasteiger partial charge is 0.402 e. The zero-order valence-electron chi connectivity index (χ0n) is 7.53. The summed E-state index contributed by atoms with van der Waals surface area (Å²) in [5.41, 5.74) is 7.38. The third-order valence-electron chi connectivity index (χ3n) is 1.61. The van der Waals surface area contributed by atoms with Gasteiger partial charge in [0.15, 0.2) is 0 Å². The lowest BCUT2D eigenvalue weighted by molar-refractivity contribution is 0.705. The Morgan fingerprint density at radius 2 is 1.91 bits per heavy atom. The molecule has 0 atom stereocenters. The lowest BCUT2D eigenvalue weighted by Crippen LogP contribution is -1.96. The normalized spacial score (nSPS) is 9.55. The van der Waals surface area contributed by atoms with E-state index in [0.29, 0.717) is 0 Å². The lowest BCUT2D eigenvalue weighted by atomic mass is 10.1. The highest BCUT2D eigenvalue weighted by atomic mass is 14.6. The van der Waals surface area contributed by atoms with Crippen molar-refractivity contribution in [2.24, 2.45) is 5.73 Å². The van der Waals surface area contributed by atoms with E-state index in [-0.39, 0.29) is 0 Å². The van der Waals surface area contributed by atoms with Crippen LogP contribution in [-0.4, -0.2) is 0 Å². The van der Waals surface area contributed by atoms with E-state index < -0.39 is 0 Å². The van der Waals surface area contributed by atoms with Gasteiger partial charge in [-0.1, -0.05) is 38.5 Å². The van der Waals surface area contributed by atoms with Crippen LogP contribution in [0, 0.1) is 0 Å². The fourth-order valence-corrected chi connectivity index (χ4v) is 1.03. The van der Waals surface area contributed by atoms with Crippen LogP contribution in [0.3, 0.4) is 0 Å². The summed E-state index contributed by atoms with van der Waals surface area (Å²) in [5, 5.41) is 0. The van der Waals surface area contributed by atoms with Crippen molar-refractivity contribution in [3.8, 4) is 0 Å². The van der Waals surface area contributed by atoms with Gasteiger partial charge in [-0.25, -0.2) is 0 Å². The molecule has 0 heterocycles. The SMILES string of the molecule is C=C(N)CC(=C)CCCCC. The van der Waals surface area contributed by atoms with Gasteiger partial charge in [0.1, 0.15) is 0 Å². The monoisotopic (exact) mass is 153 g/mol. The Hall–Kier alpha value is -0.720. The third kappa shape index (κ3) is 7.17. The predicted molar refractivity (Wildman–Crippen MR) is 51.2 cm³/mol. The fourth-order valence-electron chi connectivity index (χ4n) is 1.03. The molecule has 0 aromatic carbocycles. The van der Waals surface area contributed by atoms with Crippen molar-refractivity contribution in [1.29, 1.82) is 0 Å². The van der Waals surface area contributed by atoms with Gasteiger partial charge in [0.2, 0.25) is 0 Å². The van der Waals surface area contributed by atoms with Gasteiger partial charge >= 0.3 is 0 Å². The number of unbranched alkanes of at least 4 members (excludes halogenated alkanes) is 2. The first-order valence-corrected chi connectivity index (χ1v) is 4.26. The van der Waals surface area contributed by atoms with Crippen molar-refractivity contribution < 1.29 is 0 Å². The molecular weight excluding hydrogens is 134 g/mol. The summed E-state index contributed by atoms with van der Waals surface area (Å²) < 4.78 is 0. The molecular formula is C10H19N. The number of rotatable bonds is 6. The summed E-state index contributed by atoms with van der Waals surface area (Å²) in [5.74, 6) is 0. The molecule has 0 unspecified atom stereocenters. The van der Waals surface area contributed by atoms with Crippen molar-refractivity contribution >= 4 is 0 Å². The van der Waals surface area contributed by atoms with Gasteiger partial charge in [-0.15, -0.1) is 0 Å². The summed E-state index contributed by atoms with van der Waals surface area (Å²) >= 11 is 0. The standard InChI is InChI=1S/C10H19N/c1-4-5-6-7-9(2)8-10(3)11/h2-8,11H2,1H3. The van der Waals surface area contributed by atoms with Crippen LogP contribution in [-0.2, 0) is 0 Å². The Balaban J connectivity index is 3.30. The van der Waals surface area contributed by atoms with Gasteiger partial charge in [-0.2, -0.15) is 0 Å². The van der Waals surface area contributed by atoms with Crippen LogP contribution < -0.4 is 5.73 Å². The first-order valence-electron chi connectivity index (χ1n) is 4.26. The predicted octanol–water partition coefficient (Wildman–Crippen LogP) is 2.99. The Bertz CT molecular complexity index is 136. The van der Waals surface area contributed by atoms with E-state index in [9.17, 15) is 0 Å². The second-order valence-electron chi connectivity index (χ2n) is 3.04. The minimum atomic E-state index is 0.728. The Morgan fingerprint density at radius 3 is 2.36 bits per heavy atom. The molecule has 0 aliphatic carbocycles.